The number of nitrogens with one attached hydrogen (secondary N) is 1. The molecule has 134 valence electrons. The second kappa shape index (κ2) is 6.78. The van der Waals surface area contributed by atoms with E-state index in [4.69, 9.17) is 4.74 Å². The van der Waals surface area contributed by atoms with E-state index < -0.39 is 30.0 Å². The summed E-state index contributed by atoms with van der Waals surface area (Å²) in [5.41, 5.74) is -1.03. The molecule has 2 rings (SSSR count). The molecule has 4 amide bonds. The van der Waals surface area contributed by atoms with Crippen molar-refractivity contribution in [1.29, 1.82) is 0 Å². The zero-order valence-corrected chi connectivity index (χ0v) is 14.6. The molecule has 2 aliphatic heterocycles. The summed E-state index contributed by atoms with van der Waals surface area (Å²) in [6, 6.07) is -0.632. The molecule has 1 N–H and O–H groups in total. The molecular formula is C16H25N3O5. The third kappa shape index (κ3) is 4.04. The average molecular weight is 339 g/mol. The van der Waals surface area contributed by atoms with Gasteiger partial charge in [0.1, 0.15) is 12.1 Å². The van der Waals surface area contributed by atoms with Gasteiger partial charge in [0, 0.05) is 13.1 Å². The highest BCUT2D eigenvalue weighted by Gasteiger charge is 2.45. The molecule has 8 heteroatoms. The van der Waals surface area contributed by atoms with Gasteiger partial charge < -0.3 is 15.0 Å². The predicted octanol–water partition coefficient (Wildman–Crippen LogP) is 0.365. The second-order valence-corrected chi connectivity index (χ2v) is 7.35. The molecule has 2 atom stereocenters. The molecule has 0 aromatic heterocycles. The van der Waals surface area contributed by atoms with E-state index in [1.165, 1.54) is 0 Å². The van der Waals surface area contributed by atoms with Crippen molar-refractivity contribution in [3.8, 4) is 0 Å². The maximum atomic E-state index is 12.2. The number of carbonyl (C=O) groups excluding carboxylic acids is 4. The van der Waals surface area contributed by atoms with Crippen LogP contribution >= 0.6 is 0 Å². The van der Waals surface area contributed by atoms with Crippen LogP contribution in [0.25, 0.3) is 0 Å². The van der Waals surface area contributed by atoms with Crippen molar-refractivity contribution in [2.24, 2.45) is 11.8 Å². The topological polar surface area (TPSA) is 96.0 Å². The van der Waals surface area contributed by atoms with Gasteiger partial charge >= 0.3 is 12.0 Å². The van der Waals surface area contributed by atoms with Crippen LogP contribution < -0.4 is 5.32 Å². The second-order valence-electron chi connectivity index (χ2n) is 7.35. The number of carbonyl (C=O) groups is 4. The van der Waals surface area contributed by atoms with E-state index in [9.17, 15) is 19.2 Å². The summed E-state index contributed by atoms with van der Waals surface area (Å²) in [6.07, 6.45) is 1.07. The first kappa shape index (κ1) is 18.2. The van der Waals surface area contributed by atoms with Gasteiger partial charge in [0.15, 0.2) is 6.61 Å². The van der Waals surface area contributed by atoms with Crippen molar-refractivity contribution in [1.82, 2.24) is 15.1 Å². The van der Waals surface area contributed by atoms with Crippen molar-refractivity contribution in [2.45, 2.75) is 39.7 Å². The molecule has 0 radical (unpaired) electrons. The minimum atomic E-state index is -1.03. The van der Waals surface area contributed by atoms with Crippen molar-refractivity contribution >= 4 is 23.8 Å². The van der Waals surface area contributed by atoms with Crippen LogP contribution in [0.3, 0.4) is 0 Å². The molecule has 8 nitrogen and oxygen atoms in total. The number of rotatable bonds is 4. The number of hydrogen-bond acceptors (Lipinski definition) is 5. The fourth-order valence-electron chi connectivity index (χ4n) is 3.24. The van der Waals surface area contributed by atoms with Crippen LogP contribution in [0.1, 0.15) is 34.1 Å². The van der Waals surface area contributed by atoms with Crippen molar-refractivity contribution in [2.75, 3.05) is 26.2 Å². The van der Waals surface area contributed by atoms with Crippen molar-refractivity contribution in [3.63, 3.8) is 0 Å². The van der Waals surface area contributed by atoms with E-state index in [1.54, 1.807) is 18.7 Å². The number of urea groups is 1. The molecule has 0 saturated carbocycles. The monoisotopic (exact) mass is 339 g/mol. The van der Waals surface area contributed by atoms with Gasteiger partial charge in [-0.2, -0.15) is 0 Å². The molecule has 0 bridgehead atoms. The third-order valence-corrected chi connectivity index (χ3v) is 4.31. The molecule has 0 aromatic carbocycles. The molecular weight excluding hydrogens is 314 g/mol. The Hall–Kier alpha value is -2.12. The van der Waals surface area contributed by atoms with E-state index in [-0.39, 0.29) is 12.5 Å². The van der Waals surface area contributed by atoms with Crippen LogP contribution in [-0.2, 0) is 19.1 Å². The molecule has 2 fully saturated rings. The lowest BCUT2D eigenvalue weighted by Gasteiger charge is -2.34. The predicted molar refractivity (Wildman–Crippen MR) is 84.8 cm³/mol. The number of hydrogen-bond donors (Lipinski definition) is 1. The number of piperidine rings is 1. The highest BCUT2D eigenvalue weighted by molar-refractivity contribution is 6.08. The number of amides is 4. The van der Waals surface area contributed by atoms with Crippen molar-refractivity contribution < 1.29 is 23.9 Å². The Labute approximate surface area is 141 Å². The Kier molecular flexibility index (Phi) is 5.15. The van der Waals surface area contributed by atoms with Gasteiger partial charge in [0.05, 0.1) is 0 Å². The van der Waals surface area contributed by atoms with E-state index >= 15 is 0 Å². The number of imide groups is 1. The quantitative estimate of drug-likeness (QED) is 0.589. The molecule has 2 unspecified atom stereocenters. The Morgan fingerprint density at radius 1 is 1.21 bits per heavy atom. The number of ether oxygens (including phenoxy) is 1. The van der Waals surface area contributed by atoms with Gasteiger partial charge in [0.2, 0.25) is 0 Å². The van der Waals surface area contributed by atoms with Gasteiger partial charge in [-0.3, -0.25) is 19.3 Å². The Bertz CT molecular complexity index is 550. The first-order valence-electron chi connectivity index (χ1n) is 8.17. The maximum absolute atomic E-state index is 12.2. The first-order valence-corrected chi connectivity index (χ1v) is 8.17. The first-order chi connectivity index (χ1) is 11.1. The molecule has 0 spiro atoms. The molecule has 2 aliphatic rings. The highest BCUT2D eigenvalue weighted by atomic mass is 16.5. The lowest BCUT2D eigenvalue weighted by Crippen LogP contribution is -2.45. The van der Waals surface area contributed by atoms with Gasteiger partial charge in [0.25, 0.3) is 11.8 Å². The lowest BCUT2D eigenvalue weighted by atomic mass is 9.92. The normalized spacial score (nSPS) is 26.3. The third-order valence-electron chi connectivity index (χ3n) is 4.31. The van der Waals surface area contributed by atoms with Crippen LogP contribution in [0.5, 0.6) is 0 Å². The Balaban J connectivity index is 1.82. The van der Waals surface area contributed by atoms with Crippen LogP contribution in [0.4, 0.5) is 4.79 Å². The number of nitrogens with zero attached hydrogens (tertiary/aromatic N) is 2. The van der Waals surface area contributed by atoms with E-state index in [2.05, 4.69) is 19.2 Å². The molecule has 0 aromatic rings. The highest BCUT2D eigenvalue weighted by Crippen LogP contribution is 2.21. The molecule has 24 heavy (non-hydrogen) atoms. The molecule has 2 saturated heterocycles. The fourth-order valence-corrected chi connectivity index (χ4v) is 3.24. The number of esters is 1. The van der Waals surface area contributed by atoms with Crippen molar-refractivity contribution in [3.05, 3.63) is 0 Å². The average Bonchev–Trinajstić information content (AvgIpc) is 2.65. The van der Waals surface area contributed by atoms with Gasteiger partial charge in [-0.15, -0.1) is 0 Å². The summed E-state index contributed by atoms with van der Waals surface area (Å²) in [6.45, 7) is 7.73. The summed E-state index contributed by atoms with van der Waals surface area (Å²) >= 11 is 0. The number of likely N-dealkylation sites (tertiary alicyclic amines) is 1. The minimum Gasteiger partial charge on any atom is -0.454 e. The zero-order chi connectivity index (χ0) is 18.1. The van der Waals surface area contributed by atoms with Gasteiger partial charge in [-0.1, -0.05) is 13.8 Å². The summed E-state index contributed by atoms with van der Waals surface area (Å²) in [4.78, 5) is 50.2. The summed E-state index contributed by atoms with van der Waals surface area (Å²) < 4.78 is 4.95. The van der Waals surface area contributed by atoms with E-state index in [1.807, 2.05) is 0 Å². The van der Waals surface area contributed by atoms with Crippen LogP contribution in [0, 0.1) is 11.8 Å². The molecule has 2 heterocycles. The van der Waals surface area contributed by atoms with Crippen LogP contribution in [0.2, 0.25) is 0 Å². The largest absolute Gasteiger partial charge is 0.454 e. The minimum absolute atomic E-state index is 0.251. The molecule has 0 aliphatic carbocycles. The Morgan fingerprint density at radius 2 is 1.79 bits per heavy atom. The van der Waals surface area contributed by atoms with E-state index in [0.29, 0.717) is 24.9 Å². The Morgan fingerprint density at radius 3 is 2.29 bits per heavy atom. The zero-order valence-electron chi connectivity index (χ0n) is 14.6. The summed E-state index contributed by atoms with van der Waals surface area (Å²) in [7, 11) is 0. The summed E-state index contributed by atoms with van der Waals surface area (Å²) in [5, 5.41) is 2.48. The van der Waals surface area contributed by atoms with Gasteiger partial charge in [-0.05, 0) is 32.1 Å². The standard InChI is InChI=1S/C16H25N3O5/c1-10-5-11(2)7-18(6-10)12(20)9-24-13(21)8-19-14(22)16(3,4)17-15(19)23/h10-11H,5-9H2,1-4H3,(H,17,23). The van der Waals surface area contributed by atoms with Gasteiger partial charge in [-0.25, -0.2) is 4.79 Å². The van der Waals surface area contributed by atoms with Crippen LogP contribution in [0.15, 0.2) is 0 Å². The lowest BCUT2D eigenvalue weighted by molar-refractivity contribution is -0.154. The SMILES string of the molecule is CC1CC(C)CN(C(=O)COC(=O)CN2C(=O)NC(C)(C)C2=O)C1. The van der Waals surface area contributed by atoms with E-state index in [0.717, 1.165) is 11.3 Å². The fraction of sp³-hybridized carbons (Fsp3) is 0.750. The van der Waals surface area contributed by atoms with Crippen LogP contribution in [-0.4, -0.2) is 65.4 Å². The maximum Gasteiger partial charge on any atom is 0.326 e. The summed E-state index contributed by atoms with van der Waals surface area (Å²) in [5.74, 6) is -0.681. The smallest absolute Gasteiger partial charge is 0.326 e.